The van der Waals surface area contributed by atoms with E-state index in [1.54, 1.807) is 91.2 Å². The third kappa shape index (κ3) is 29.5. The first kappa shape index (κ1) is 99.6. The van der Waals surface area contributed by atoms with Crippen LogP contribution in [0.15, 0.2) is 205 Å². The van der Waals surface area contributed by atoms with Gasteiger partial charge in [0.2, 0.25) is 0 Å². The molecule has 2 aliphatic carbocycles. The largest absolute Gasteiger partial charge is 0.456 e. The zero-order valence-corrected chi connectivity index (χ0v) is 75.7. The van der Waals surface area contributed by atoms with Crippen LogP contribution in [0.1, 0.15) is 59.7 Å². The molecule has 2 heterocycles. The molecule has 0 bridgehead atoms. The average Bonchev–Trinajstić information content (AvgIpc) is 0.749. The number of nitro benzene ring substituents is 3. The van der Waals surface area contributed by atoms with Crippen LogP contribution in [0.2, 0.25) is 0 Å². The summed E-state index contributed by atoms with van der Waals surface area (Å²) in [5, 5.41) is 33.5. The molecule has 2 aliphatic heterocycles. The number of anilines is 4. The van der Waals surface area contributed by atoms with Crippen molar-refractivity contribution in [2.75, 3.05) is 260 Å². The van der Waals surface area contributed by atoms with E-state index in [0.717, 1.165) is 84.2 Å². The monoisotopic (exact) mass is 1780 g/mol. The van der Waals surface area contributed by atoms with E-state index in [9.17, 15) is 39.9 Å². The molecule has 0 saturated carbocycles. The minimum Gasteiger partial charge on any atom is -0.456 e. The normalized spacial score (nSPS) is 13.0. The molecular weight excluding hydrogens is 1660 g/mol. The number of hydrogen-bond acceptors (Lipinski definition) is 28. The van der Waals surface area contributed by atoms with Gasteiger partial charge in [-0.15, -0.1) is 0 Å². The Labute approximate surface area is 755 Å². The Bertz CT molecular complexity index is 4730. The number of hydrogen-bond donors (Lipinski definition) is 0. The summed E-state index contributed by atoms with van der Waals surface area (Å²) >= 11 is 0. The van der Waals surface area contributed by atoms with Crippen molar-refractivity contribution >= 4 is 62.5 Å². The number of nitro groups is 3. The fourth-order valence-corrected chi connectivity index (χ4v) is 15.1. The minimum atomic E-state index is -0.413. The highest BCUT2D eigenvalue weighted by atomic mass is 16.6. The number of fused-ring (bicyclic) bond motifs is 4. The fraction of sp³-hybridized carbons (Fsp3) is 0.429. The maximum Gasteiger partial charge on any atom is 0.269 e. The Balaban J connectivity index is 0.000000269. The third-order valence-corrected chi connectivity index (χ3v) is 22.3. The number of carbonyl (C=O) groups excluding carboxylic acids is 2. The van der Waals surface area contributed by atoms with Gasteiger partial charge in [-0.1, -0.05) is 36.4 Å². The molecule has 0 amide bonds. The average molecular weight is 1780 g/mol. The van der Waals surface area contributed by atoms with Gasteiger partial charge in [0, 0.05) is 273 Å². The van der Waals surface area contributed by atoms with Crippen LogP contribution < -0.4 is 29.1 Å². The van der Waals surface area contributed by atoms with Gasteiger partial charge in [-0.3, -0.25) is 39.9 Å². The number of benzene rings is 7. The van der Waals surface area contributed by atoms with Crippen molar-refractivity contribution in [3.05, 3.63) is 274 Å². The highest BCUT2D eigenvalue weighted by molar-refractivity contribution is 6.17. The number of rotatable bonds is 57. The number of carbonyl (C=O) groups is 2. The van der Waals surface area contributed by atoms with Crippen LogP contribution in [0.25, 0.3) is 11.1 Å². The van der Waals surface area contributed by atoms with E-state index in [1.165, 1.54) is 36.4 Å². The van der Waals surface area contributed by atoms with Gasteiger partial charge in [0.15, 0.2) is 11.6 Å². The SMILES string of the molecule is CCN(CCc1ccc([N+](=O)[O-])cc1)C1=CC(=O)C(=C2c3ccc(N(CC)CCc4ccc([N+](=O)[O-])cc4)cc3Oc3cc(N(CC)CCc4ccc([N+](=O)[O-])cc4)ccc32)C=C1.COCCOCCN(CCOCCOC)C1=CC(=O)C(=C2c3ccc(N(CCOCCOC)CCOCCOC)cc3Oc3cc(N(CCOCCOC)CCOCCOC)ccc32)C=C1. The van der Waals surface area contributed by atoms with Crippen molar-refractivity contribution in [2.45, 2.75) is 40.0 Å². The van der Waals surface area contributed by atoms with Gasteiger partial charge < -0.3 is 95.7 Å². The summed E-state index contributed by atoms with van der Waals surface area (Å²) in [5.41, 5.74) is 14.2. The zero-order valence-electron chi connectivity index (χ0n) is 75.7. The van der Waals surface area contributed by atoms with Gasteiger partial charge in [-0.05, 0) is 130 Å². The van der Waals surface area contributed by atoms with Crippen LogP contribution >= 0.6 is 0 Å². The van der Waals surface area contributed by atoms with Gasteiger partial charge in [0.05, 0.1) is 134 Å². The molecule has 11 rings (SSSR count). The number of allylic oxidation sites excluding steroid dienone is 8. The first-order chi connectivity index (χ1) is 62.9. The lowest BCUT2D eigenvalue weighted by molar-refractivity contribution is -0.385. The number of nitrogens with zero attached hydrogens (tertiary/aromatic N) is 9. The molecule has 4 aliphatic rings. The molecule has 0 unspecified atom stereocenters. The van der Waals surface area contributed by atoms with Crippen molar-refractivity contribution in [3.8, 4) is 23.0 Å². The third-order valence-electron chi connectivity index (χ3n) is 22.3. The van der Waals surface area contributed by atoms with Gasteiger partial charge in [0.1, 0.15) is 23.0 Å². The highest BCUT2D eigenvalue weighted by Gasteiger charge is 2.33. The second-order valence-electron chi connectivity index (χ2n) is 30.4. The van der Waals surface area contributed by atoms with Gasteiger partial charge >= 0.3 is 0 Å². The molecule has 0 radical (unpaired) electrons. The van der Waals surface area contributed by atoms with Crippen molar-refractivity contribution in [1.82, 2.24) is 9.80 Å². The molecule has 129 heavy (non-hydrogen) atoms. The smallest absolute Gasteiger partial charge is 0.269 e. The minimum absolute atomic E-state index is 0.0450. The number of likely N-dealkylation sites (N-methyl/N-ethyl adjacent to an activating group) is 3. The van der Waals surface area contributed by atoms with E-state index in [0.29, 0.717) is 251 Å². The summed E-state index contributed by atoms with van der Waals surface area (Å²) in [6.07, 6.45) is 13.1. The van der Waals surface area contributed by atoms with E-state index in [-0.39, 0.29) is 28.6 Å². The topological polar surface area (TPSA) is 312 Å². The van der Waals surface area contributed by atoms with Crippen LogP contribution in [0, 0.1) is 30.3 Å². The summed E-state index contributed by atoms with van der Waals surface area (Å²) in [6.45, 7) is 22.6. The molecule has 31 nitrogen and oxygen atoms in total. The first-order valence-corrected chi connectivity index (χ1v) is 43.8. The quantitative estimate of drug-likeness (QED) is 0.0148. The van der Waals surface area contributed by atoms with Crippen molar-refractivity contribution < 1.29 is 90.7 Å². The molecule has 31 heteroatoms. The van der Waals surface area contributed by atoms with Gasteiger partial charge in [0.25, 0.3) is 17.1 Å². The molecule has 7 aromatic rings. The van der Waals surface area contributed by atoms with E-state index >= 15 is 0 Å². The lowest BCUT2D eigenvalue weighted by Crippen LogP contribution is -2.32. The standard InChI is InChI=1S/C49H48N6O8.C49H75N3O14/c1-4-50(28-25-34-7-13-37(14-8-34)53(57)58)40-19-22-43(46(56)31-40)49-44-23-20-41(51(5-2)29-26-35-9-15-38(16-10-35)54(59)60)32-47(44)63-48-33-42(21-24-45(48)49)52(6-3)30-27-36-11-17-39(18-12-36)55(61)62;1-54-25-31-60-19-13-50(14-20-61-32-26-55-2)40-7-10-43(46(53)37-40)49-44-11-8-41(51(15-21-62-33-27-56-3)16-22-63-34-28-57-4)38-47(44)66-48-39-42(9-12-45(48)49)52(17-23-64-35-29-58-5)18-24-65-36-30-59-6/h7-24,31-33H,4-6,25-30H2,1-3H3;7-12,37-39H,13-36H2,1-6H3. The highest BCUT2D eigenvalue weighted by Crippen LogP contribution is 2.51. The van der Waals surface area contributed by atoms with E-state index < -0.39 is 14.8 Å². The first-order valence-electron chi connectivity index (χ1n) is 43.8. The predicted molar refractivity (Wildman–Crippen MR) is 498 cm³/mol. The Morgan fingerprint density at radius 1 is 0.287 bits per heavy atom. The molecule has 0 atom stereocenters. The number of non-ortho nitro benzene ring substituents is 3. The molecule has 0 aromatic heterocycles. The lowest BCUT2D eigenvalue weighted by Gasteiger charge is -2.31. The van der Waals surface area contributed by atoms with Crippen LogP contribution in [-0.2, 0) is 85.7 Å². The molecular formula is C98H123N9O22. The van der Waals surface area contributed by atoms with E-state index in [2.05, 4.69) is 55.4 Å². The molecule has 0 fully saturated rings. The molecule has 0 N–H and O–H groups in total. The second-order valence-corrected chi connectivity index (χ2v) is 30.4. The number of ketones is 2. The Hall–Kier alpha value is -11.6. The molecule has 692 valence electrons. The van der Waals surface area contributed by atoms with Gasteiger partial charge in [-0.25, -0.2) is 0 Å². The molecule has 0 saturated heterocycles. The van der Waals surface area contributed by atoms with Crippen molar-refractivity contribution in [2.24, 2.45) is 0 Å². The predicted octanol–water partition coefficient (Wildman–Crippen LogP) is 14.6. The number of ether oxygens (including phenoxy) is 14. The lowest BCUT2D eigenvalue weighted by atomic mass is 9.86. The van der Waals surface area contributed by atoms with Crippen LogP contribution in [0.3, 0.4) is 0 Å². The fourth-order valence-electron chi connectivity index (χ4n) is 15.1. The summed E-state index contributed by atoms with van der Waals surface area (Å²) in [7, 11) is 9.93. The Morgan fingerprint density at radius 2 is 0.535 bits per heavy atom. The molecule has 7 aromatic carbocycles. The summed E-state index contributed by atoms with van der Waals surface area (Å²) < 4.78 is 79.9. The van der Waals surface area contributed by atoms with Crippen LogP contribution in [-0.4, -0.2) is 276 Å². The Kier molecular flexibility index (Phi) is 41.2. The van der Waals surface area contributed by atoms with Crippen LogP contribution in [0.4, 0.5) is 39.8 Å². The second kappa shape index (κ2) is 53.4. The van der Waals surface area contributed by atoms with Crippen LogP contribution in [0.5, 0.6) is 23.0 Å². The zero-order chi connectivity index (χ0) is 91.7. The molecule has 0 spiro atoms. The van der Waals surface area contributed by atoms with E-state index in [4.69, 9.17) is 66.3 Å². The summed E-state index contributed by atoms with van der Waals surface area (Å²) in [6, 6.07) is 44.1. The summed E-state index contributed by atoms with van der Waals surface area (Å²) in [5.74, 6) is 2.21. The van der Waals surface area contributed by atoms with Gasteiger partial charge in [-0.2, -0.15) is 0 Å². The summed E-state index contributed by atoms with van der Waals surface area (Å²) in [4.78, 5) is 74.2. The van der Waals surface area contributed by atoms with E-state index in [1.807, 2.05) is 91.9 Å². The van der Waals surface area contributed by atoms with Crippen molar-refractivity contribution in [3.63, 3.8) is 0 Å². The maximum absolute atomic E-state index is 14.5. The Morgan fingerprint density at radius 3 is 0.783 bits per heavy atom. The number of methoxy groups -OCH3 is 6. The maximum atomic E-state index is 14.5. The van der Waals surface area contributed by atoms with Crippen molar-refractivity contribution in [1.29, 1.82) is 0 Å².